The summed E-state index contributed by atoms with van der Waals surface area (Å²) in [5.74, 6) is -0.0729. The van der Waals surface area contributed by atoms with Gasteiger partial charge >= 0.3 is 6.03 Å². The van der Waals surface area contributed by atoms with Gasteiger partial charge in [-0.2, -0.15) is 0 Å². The number of thiophene rings is 1. The highest BCUT2D eigenvalue weighted by molar-refractivity contribution is 7.21. The summed E-state index contributed by atoms with van der Waals surface area (Å²) < 4.78 is 0. The second kappa shape index (κ2) is 9.93. The third-order valence-corrected chi connectivity index (χ3v) is 7.89. The molecule has 192 valence electrons. The topological polar surface area (TPSA) is 116 Å². The van der Waals surface area contributed by atoms with Crippen LogP contribution < -0.4 is 20.9 Å². The van der Waals surface area contributed by atoms with Crippen molar-refractivity contribution >= 4 is 56.5 Å². The van der Waals surface area contributed by atoms with Gasteiger partial charge in [-0.3, -0.25) is 19.5 Å². The van der Waals surface area contributed by atoms with Gasteiger partial charge in [0.25, 0.3) is 5.91 Å². The van der Waals surface area contributed by atoms with Crippen molar-refractivity contribution in [2.45, 2.75) is 58.5 Å². The van der Waals surface area contributed by atoms with Gasteiger partial charge in [0.2, 0.25) is 5.91 Å². The molecule has 3 N–H and O–H groups in total. The summed E-state index contributed by atoms with van der Waals surface area (Å²) in [6.07, 6.45) is 7.92. The Morgan fingerprint density at radius 2 is 2.00 bits per heavy atom. The van der Waals surface area contributed by atoms with Gasteiger partial charge in [-0.05, 0) is 62.3 Å². The minimum atomic E-state index is -0.356. The van der Waals surface area contributed by atoms with E-state index in [1.165, 1.54) is 17.4 Å². The van der Waals surface area contributed by atoms with Crippen LogP contribution in [0.1, 0.15) is 54.0 Å². The molecule has 4 heterocycles. The SMILES string of the molecule is C=CC(=O)N[C@@H]1CCC[C@H]1NC(=O)c1sc2nccc3c2c1NC(=O)N3c1cnc(CC(C)C)cc1C. The summed E-state index contributed by atoms with van der Waals surface area (Å²) in [5, 5.41) is 9.63. The summed E-state index contributed by atoms with van der Waals surface area (Å²) in [7, 11) is 0. The number of rotatable bonds is 7. The first-order chi connectivity index (χ1) is 17.8. The van der Waals surface area contributed by atoms with E-state index in [1.807, 2.05) is 13.0 Å². The van der Waals surface area contributed by atoms with Crippen molar-refractivity contribution in [1.82, 2.24) is 20.6 Å². The summed E-state index contributed by atoms with van der Waals surface area (Å²) in [5.41, 5.74) is 3.74. The molecule has 2 atom stereocenters. The number of urea groups is 1. The van der Waals surface area contributed by atoms with Crippen LogP contribution in [0.5, 0.6) is 0 Å². The van der Waals surface area contributed by atoms with Crippen molar-refractivity contribution < 1.29 is 14.4 Å². The number of hydrogen-bond donors (Lipinski definition) is 3. The number of hydrogen-bond acceptors (Lipinski definition) is 6. The maximum atomic E-state index is 13.4. The van der Waals surface area contributed by atoms with Crippen LogP contribution in [-0.2, 0) is 11.2 Å². The Morgan fingerprint density at radius 1 is 1.24 bits per heavy atom. The molecule has 1 saturated carbocycles. The highest BCUT2D eigenvalue weighted by Crippen LogP contribution is 2.46. The highest BCUT2D eigenvalue weighted by Gasteiger charge is 2.35. The molecule has 0 saturated heterocycles. The molecule has 0 unspecified atom stereocenters. The average molecular weight is 519 g/mol. The van der Waals surface area contributed by atoms with Crippen LogP contribution in [-0.4, -0.2) is 39.9 Å². The van der Waals surface area contributed by atoms with E-state index in [-0.39, 0.29) is 29.9 Å². The lowest BCUT2D eigenvalue weighted by Crippen LogP contribution is -2.48. The Kier molecular flexibility index (Phi) is 6.68. The molecular formula is C27H30N6O3S. The Hall–Kier alpha value is -3.79. The van der Waals surface area contributed by atoms with E-state index in [9.17, 15) is 14.4 Å². The van der Waals surface area contributed by atoms with Gasteiger partial charge in [0.15, 0.2) is 0 Å². The molecule has 5 rings (SSSR count). The zero-order chi connectivity index (χ0) is 26.3. The second-order valence-electron chi connectivity index (χ2n) is 9.97. The summed E-state index contributed by atoms with van der Waals surface area (Å²) >= 11 is 1.24. The summed E-state index contributed by atoms with van der Waals surface area (Å²) in [4.78, 5) is 50.3. The number of carbonyl (C=O) groups is 3. The first-order valence-electron chi connectivity index (χ1n) is 12.5. The van der Waals surface area contributed by atoms with E-state index in [0.717, 1.165) is 42.3 Å². The van der Waals surface area contributed by atoms with Gasteiger partial charge in [0, 0.05) is 24.0 Å². The highest BCUT2D eigenvalue weighted by atomic mass is 32.1. The molecule has 1 aliphatic carbocycles. The van der Waals surface area contributed by atoms with Crippen LogP contribution in [0.25, 0.3) is 10.2 Å². The smallest absolute Gasteiger partial charge is 0.331 e. The molecule has 0 radical (unpaired) electrons. The lowest BCUT2D eigenvalue weighted by atomic mass is 10.0. The molecule has 2 aliphatic rings. The number of amides is 4. The first kappa shape index (κ1) is 24.9. The van der Waals surface area contributed by atoms with E-state index >= 15 is 0 Å². The zero-order valence-electron chi connectivity index (χ0n) is 21.1. The molecule has 10 heteroatoms. The predicted octanol–water partition coefficient (Wildman–Crippen LogP) is 4.83. The quantitative estimate of drug-likeness (QED) is 0.387. The Bertz CT molecular complexity index is 1410. The van der Waals surface area contributed by atoms with Gasteiger partial charge < -0.3 is 16.0 Å². The minimum Gasteiger partial charge on any atom is -0.348 e. The van der Waals surface area contributed by atoms with Crippen molar-refractivity contribution in [3.8, 4) is 0 Å². The predicted molar refractivity (Wildman–Crippen MR) is 146 cm³/mol. The summed E-state index contributed by atoms with van der Waals surface area (Å²) in [6, 6.07) is 3.10. The fraction of sp³-hybridized carbons (Fsp3) is 0.370. The number of aryl methyl sites for hydroxylation is 1. The third kappa shape index (κ3) is 4.69. The molecule has 0 bridgehead atoms. The van der Waals surface area contributed by atoms with Gasteiger partial charge in [-0.1, -0.05) is 20.4 Å². The largest absolute Gasteiger partial charge is 0.348 e. The number of carbonyl (C=O) groups excluding carboxylic acids is 3. The van der Waals surface area contributed by atoms with Crippen LogP contribution in [0, 0.1) is 12.8 Å². The van der Waals surface area contributed by atoms with E-state index in [4.69, 9.17) is 0 Å². The Labute approximate surface area is 219 Å². The maximum Gasteiger partial charge on any atom is 0.331 e. The van der Waals surface area contributed by atoms with Gasteiger partial charge in [-0.15, -0.1) is 11.3 Å². The van der Waals surface area contributed by atoms with Crippen LogP contribution in [0.15, 0.2) is 37.2 Å². The van der Waals surface area contributed by atoms with Crippen molar-refractivity contribution in [1.29, 1.82) is 0 Å². The van der Waals surface area contributed by atoms with Crippen LogP contribution >= 0.6 is 11.3 Å². The van der Waals surface area contributed by atoms with E-state index < -0.39 is 0 Å². The first-order valence-corrected chi connectivity index (χ1v) is 13.3. The number of nitrogens with zero attached hydrogens (tertiary/aromatic N) is 3. The van der Waals surface area contributed by atoms with Crippen LogP contribution in [0.4, 0.5) is 21.9 Å². The zero-order valence-corrected chi connectivity index (χ0v) is 21.9. The third-order valence-electron chi connectivity index (χ3n) is 6.80. The second-order valence-corrected chi connectivity index (χ2v) is 11.0. The Balaban J connectivity index is 1.47. The van der Waals surface area contributed by atoms with Crippen LogP contribution in [0.3, 0.4) is 0 Å². The molecular weight excluding hydrogens is 488 g/mol. The van der Waals surface area contributed by atoms with E-state index in [1.54, 1.807) is 23.4 Å². The molecule has 1 aliphatic heterocycles. The van der Waals surface area contributed by atoms with Crippen molar-refractivity contribution in [2.75, 3.05) is 10.2 Å². The van der Waals surface area contributed by atoms with Crippen molar-refractivity contribution in [3.05, 3.63) is 53.3 Å². The molecule has 0 aromatic carbocycles. The number of aromatic nitrogens is 2. The lowest BCUT2D eigenvalue weighted by Gasteiger charge is -2.29. The molecule has 3 aromatic heterocycles. The molecule has 1 fully saturated rings. The van der Waals surface area contributed by atoms with Crippen molar-refractivity contribution in [2.24, 2.45) is 5.92 Å². The standard InChI is InChI=1S/C27H30N6O3S/c1-5-21(34)30-17-7-6-8-18(17)31-25(35)24-23-22-19(9-10-28-26(22)37-24)33(27(36)32-23)20-13-29-16(11-14(2)3)12-15(20)4/h5,9-10,12-14,17-18H,1,6-8,11H2,2-4H3,(H,30,34)(H,31,35)(H,32,36)/t17-,18-/m1/s1. The van der Waals surface area contributed by atoms with Gasteiger partial charge in [0.1, 0.15) is 9.71 Å². The van der Waals surface area contributed by atoms with E-state index in [2.05, 4.69) is 46.3 Å². The van der Waals surface area contributed by atoms with Gasteiger partial charge in [0.05, 0.1) is 28.6 Å². The molecule has 3 aromatic rings. The molecule has 4 amide bonds. The fourth-order valence-corrected chi connectivity index (χ4v) is 6.16. The monoisotopic (exact) mass is 518 g/mol. The number of pyridine rings is 2. The average Bonchev–Trinajstić information content (AvgIpc) is 3.44. The molecule has 37 heavy (non-hydrogen) atoms. The maximum absolute atomic E-state index is 13.4. The van der Waals surface area contributed by atoms with E-state index in [0.29, 0.717) is 32.7 Å². The van der Waals surface area contributed by atoms with Gasteiger partial charge in [-0.25, -0.2) is 9.78 Å². The number of anilines is 3. The Morgan fingerprint density at radius 3 is 2.70 bits per heavy atom. The number of nitrogens with one attached hydrogen (secondary N) is 3. The molecule has 9 nitrogen and oxygen atoms in total. The van der Waals surface area contributed by atoms with Crippen LogP contribution in [0.2, 0.25) is 0 Å². The summed E-state index contributed by atoms with van der Waals surface area (Å²) in [6.45, 7) is 9.76. The van der Waals surface area contributed by atoms with Crippen molar-refractivity contribution in [3.63, 3.8) is 0 Å². The lowest BCUT2D eigenvalue weighted by molar-refractivity contribution is -0.117. The minimum absolute atomic E-state index is 0.159. The molecule has 0 spiro atoms. The normalized spacial score (nSPS) is 18.7. The fourth-order valence-electron chi connectivity index (χ4n) is 5.14.